The van der Waals surface area contributed by atoms with Crippen molar-refractivity contribution in [1.29, 1.82) is 0 Å². The van der Waals surface area contributed by atoms with Crippen LogP contribution in [0, 0.1) is 0 Å². The van der Waals surface area contributed by atoms with E-state index in [1.54, 1.807) is 12.3 Å². The van der Waals surface area contributed by atoms with Crippen LogP contribution in [0.4, 0.5) is 0 Å². The van der Waals surface area contributed by atoms with E-state index >= 15 is 0 Å². The number of aromatic nitrogens is 1. The molecular formula is C20H23N3O4S2. The van der Waals surface area contributed by atoms with E-state index < -0.39 is 0 Å². The summed E-state index contributed by atoms with van der Waals surface area (Å²) in [6.07, 6.45) is 1.92. The molecule has 0 radical (unpaired) electrons. The number of benzene rings is 1. The number of thiazole rings is 1. The van der Waals surface area contributed by atoms with Crippen LogP contribution in [-0.2, 0) is 11.3 Å². The van der Waals surface area contributed by atoms with Gasteiger partial charge in [-0.15, -0.1) is 11.3 Å². The van der Waals surface area contributed by atoms with E-state index in [0.29, 0.717) is 24.8 Å². The van der Waals surface area contributed by atoms with Crippen molar-refractivity contribution < 1.29 is 19.0 Å². The summed E-state index contributed by atoms with van der Waals surface area (Å²) < 4.78 is 15.8. The summed E-state index contributed by atoms with van der Waals surface area (Å²) >= 11 is 7.12. The van der Waals surface area contributed by atoms with Gasteiger partial charge in [0.2, 0.25) is 6.79 Å². The largest absolute Gasteiger partial charge is 0.461 e. The number of rotatable bonds is 5. The predicted molar refractivity (Wildman–Crippen MR) is 114 cm³/mol. The molecule has 2 aliphatic heterocycles. The predicted octanol–water partition coefficient (Wildman–Crippen LogP) is 3.30. The topological polar surface area (TPSA) is 72.9 Å². The van der Waals surface area contributed by atoms with Gasteiger partial charge in [-0.05, 0) is 49.7 Å². The van der Waals surface area contributed by atoms with E-state index in [4.69, 9.17) is 26.4 Å². The molecule has 0 atom stereocenters. The summed E-state index contributed by atoms with van der Waals surface area (Å²) in [4.78, 5) is 18.5. The third kappa shape index (κ3) is 4.62. The van der Waals surface area contributed by atoms with Crippen molar-refractivity contribution in [3.8, 4) is 11.5 Å². The van der Waals surface area contributed by atoms with E-state index in [-0.39, 0.29) is 12.8 Å². The molecule has 154 valence electrons. The van der Waals surface area contributed by atoms with Crippen molar-refractivity contribution in [2.45, 2.75) is 32.2 Å². The van der Waals surface area contributed by atoms with Crippen LogP contribution in [0.15, 0.2) is 23.6 Å². The first-order valence-electron chi connectivity index (χ1n) is 9.68. The molecule has 1 saturated heterocycles. The molecule has 0 spiro atoms. The number of carbonyl (C=O) groups is 1. The van der Waals surface area contributed by atoms with E-state index in [2.05, 4.69) is 15.2 Å². The SMILES string of the molecule is CCOC(=O)c1csc(C2CCN(C(=S)NCc3ccc4c(c3)OCO4)CC2)n1. The van der Waals surface area contributed by atoms with Crippen LogP contribution >= 0.6 is 23.6 Å². The molecule has 7 nitrogen and oxygen atoms in total. The van der Waals surface area contributed by atoms with Crippen molar-refractivity contribution in [3.63, 3.8) is 0 Å². The summed E-state index contributed by atoms with van der Waals surface area (Å²) in [5.41, 5.74) is 1.51. The van der Waals surface area contributed by atoms with E-state index in [1.807, 2.05) is 18.2 Å². The number of hydrogen-bond donors (Lipinski definition) is 1. The van der Waals surface area contributed by atoms with Gasteiger partial charge in [0.25, 0.3) is 0 Å². The quantitative estimate of drug-likeness (QED) is 0.569. The maximum absolute atomic E-state index is 11.8. The van der Waals surface area contributed by atoms with Crippen LogP contribution in [0.2, 0.25) is 0 Å². The lowest BCUT2D eigenvalue weighted by Gasteiger charge is -2.33. The standard InChI is InChI=1S/C20H23N3O4S2/c1-2-25-19(24)15-11-29-18(22-15)14-5-7-23(8-6-14)20(28)21-10-13-3-4-16-17(9-13)27-12-26-16/h3-4,9,11,14H,2,5-8,10,12H2,1H3,(H,21,28). The van der Waals surface area contributed by atoms with Crippen molar-refractivity contribution in [2.75, 3.05) is 26.5 Å². The molecule has 0 saturated carbocycles. The molecule has 3 heterocycles. The lowest BCUT2D eigenvalue weighted by atomic mass is 9.98. The number of piperidine rings is 1. The minimum Gasteiger partial charge on any atom is -0.461 e. The molecular weight excluding hydrogens is 410 g/mol. The number of nitrogens with one attached hydrogen (secondary N) is 1. The molecule has 0 amide bonds. The van der Waals surface area contributed by atoms with Gasteiger partial charge in [0, 0.05) is 30.9 Å². The summed E-state index contributed by atoms with van der Waals surface area (Å²) in [5, 5.41) is 6.89. The first-order chi connectivity index (χ1) is 14.1. The zero-order valence-electron chi connectivity index (χ0n) is 16.2. The second kappa shape index (κ2) is 8.96. The first kappa shape index (κ1) is 19.9. The number of hydrogen-bond acceptors (Lipinski definition) is 7. The van der Waals surface area contributed by atoms with Gasteiger partial charge < -0.3 is 24.4 Å². The Morgan fingerprint density at radius 1 is 1.34 bits per heavy atom. The molecule has 0 unspecified atom stereocenters. The lowest BCUT2D eigenvalue weighted by molar-refractivity contribution is 0.0520. The normalized spacial score (nSPS) is 16.0. The Morgan fingerprint density at radius 2 is 2.14 bits per heavy atom. The average Bonchev–Trinajstić information content (AvgIpc) is 3.41. The van der Waals surface area contributed by atoms with Crippen LogP contribution in [-0.4, -0.2) is 47.5 Å². The molecule has 9 heteroatoms. The zero-order valence-corrected chi connectivity index (χ0v) is 17.8. The number of carbonyl (C=O) groups excluding carboxylic acids is 1. The minimum atomic E-state index is -0.346. The Balaban J connectivity index is 1.26. The second-order valence-electron chi connectivity index (χ2n) is 6.90. The number of thiocarbonyl (C=S) groups is 1. The van der Waals surface area contributed by atoms with Crippen LogP contribution < -0.4 is 14.8 Å². The smallest absolute Gasteiger partial charge is 0.357 e. The summed E-state index contributed by atoms with van der Waals surface area (Å²) in [7, 11) is 0. The van der Waals surface area contributed by atoms with Crippen LogP contribution in [0.25, 0.3) is 0 Å². The van der Waals surface area contributed by atoms with Crippen molar-refractivity contribution in [2.24, 2.45) is 0 Å². The van der Waals surface area contributed by atoms with E-state index in [0.717, 1.165) is 53.1 Å². The molecule has 0 aliphatic carbocycles. The second-order valence-corrected chi connectivity index (χ2v) is 8.18. The van der Waals surface area contributed by atoms with Crippen LogP contribution in [0.3, 0.4) is 0 Å². The summed E-state index contributed by atoms with van der Waals surface area (Å²) in [6, 6.07) is 5.92. The Kier molecular flexibility index (Phi) is 6.15. The number of fused-ring (bicyclic) bond motifs is 1. The highest BCUT2D eigenvalue weighted by molar-refractivity contribution is 7.80. The van der Waals surface area contributed by atoms with Gasteiger partial charge in [0.1, 0.15) is 0 Å². The average molecular weight is 434 g/mol. The third-order valence-corrected chi connectivity index (χ3v) is 6.43. The monoisotopic (exact) mass is 433 g/mol. The highest BCUT2D eigenvalue weighted by Crippen LogP contribution is 2.33. The molecule has 1 fully saturated rings. The van der Waals surface area contributed by atoms with Crippen LogP contribution in [0.1, 0.15) is 46.7 Å². The molecule has 2 aromatic rings. The highest BCUT2D eigenvalue weighted by Gasteiger charge is 2.25. The highest BCUT2D eigenvalue weighted by atomic mass is 32.1. The van der Waals surface area contributed by atoms with Crippen molar-refractivity contribution >= 4 is 34.6 Å². The van der Waals surface area contributed by atoms with Gasteiger partial charge >= 0.3 is 5.97 Å². The van der Waals surface area contributed by atoms with Crippen molar-refractivity contribution in [3.05, 3.63) is 39.8 Å². The van der Waals surface area contributed by atoms with Gasteiger partial charge in [-0.25, -0.2) is 9.78 Å². The van der Waals surface area contributed by atoms with Gasteiger partial charge in [-0.3, -0.25) is 0 Å². The van der Waals surface area contributed by atoms with Gasteiger partial charge in [-0.2, -0.15) is 0 Å². The number of esters is 1. The number of likely N-dealkylation sites (tertiary alicyclic amines) is 1. The Morgan fingerprint density at radius 3 is 2.93 bits per heavy atom. The third-order valence-electron chi connectivity index (χ3n) is 5.02. The maximum Gasteiger partial charge on any atom is 0.357 e. The maximum atomic E-state index is 11.8. The van der Waals surface area contributed by atoms with Crippen LogP contribution in [0.5, 0.6) is 11.5 Å². The minimum absolute atomic E-state index is 0.278. The first-order valence-corrected chi connectivity index (χ1v) is 11.0. The summed E-state index contributed by atoms with van der Waals surface area (Å²) in [6.45, 7) is 4.81. The number of nitrogens with zero attached hydrogens (tertiary/aromatic N) is 2. The van der Waals surface area contributed by atoms with Crippen molar-refractivity contribution in [1.82, 2.24) is 15.2 Å². The summed E-state index contributed by atoms with van der Waals surface area (Å²) in [5.74, 6) is 1.57. The molecule has 2 aliphatic rings. The van der Waals surface area contributed by atoms with E-state index in [9.17, 15) is 4.79 Å². The van der Waals surface area contributed by atoms with Gasteiger partial charge in [0.05, 0.1) is 11.6 Å². The fraction of sp³-hybridized carbons (Fsp3) is 0.450. The van der Waals surface area contributed by atoms with E-state index in [1.165, 1.54) is 11.3 Å². The molecule has 1 aromatic heterocycles. The Labute approximate surface area is 179 Å². The van der Waals surface area contributed by atoms with Gasteiger partial charge in [0.15, 0.2) is 22.3 Å². The lowest BCUT2D eigenvalue weighted by Crippen LogP contribution is -2.43. The number of ether oxygens (including phenoxy) is 3. The fourth-order valence-electron chi connectivity index (χ4n) is 3.44. The molecule has 1 N–H and O–H groups in total. The molecule has 0 bridgehead atoms. The molecule has 4 rings (SSSR count). The molecule has 1 aromatic carbocycles. The molecule has 29 heavy (non-hydrogen) atoms. The Hall–Kier alpha value is -2.39. The Bertz CT molecular complexity index is 894. The zero-order chi connectivity index (χ0) is 20.2. The van der Waals surface area contributed by atoms with Gasteiger partial charge in [-0.1, -0.05) is 6.07 Å². The fourth-order valence-corrected chi connectivity index (χ4v) is 4.66.